The number of halogens is 2. The topological polar surface area (TPSA) is 81.7 Å². The summed E-state index contributed by atoms with van der Waals surface area (Å²) in [6.45, 7) is 7.13. The molecule has 0 unspecified atom stereocenters. The predicted octanol–water partition coefficient (Wildman–Crippen LogP) is 6.50. The summed E-state index contributed by atoms with van der Waals surface area (Å²) in [6.07, 6.45) is 0.498. The van der Waals surface area contributed by atoms with E-state index in [2.05, 4.69) is 10.6 Å². The molecule has 2 amide bonds. The molecule has 0 aliphatic carbocycles. The number of aliphatic hydroxyl groups excluding tert-OH is 1. The molecule has 0 bridgehead atoms. The molecule has 2 atom stereocenters. The molecule has 8 heteroatoms. The first-order chi connectivity index (χ1) is 20.7. The molecule has 4 aromatic rings. The minimum atomic E-state index is -1.12. The van der Waals surface area contributed by atoms with Crippen LogP contribution in [0.2, 0.25) is 0 Å². The van der Waals surface area contributed by atoms with E-state index in [0.29, 0.717) is 24.2 Å². The zero-order valence-corrected chi connectivity index (χ0v) is 24.9. The number of hydrogen-bond donors (Lipinski definition) is 3. The lowest BCUT2D eigenvalue weighted by Crippen LogP contribution is -2.47. The van der Waals surface area contributed by atoms with E-state index in [9.17, 15) is 23.5 Å². The van der Waals surface area contributed by atoms with Crippen LogP contribution in [-0.4, -0.2) is 53.6 Å². The summed E-state index contributed by atoms with van der Waals surface area (Å²) >= 11 is 0. The summed E-state index contributed by atoms with van der Waals surface area (Å²) in [5.74, 6) is -2.13. The highest BCUT2D eigenvalue weighted by atomic mass is 19.1. The number of fused-ring (bicyclic) bond motifs is 1. The Morgan fingerprint density at radius 3 is 2.21 bits per heavy atom. The molecule has 4 aromatic carbocycles. The fourth-order valence-corrected chi connectivity index (χ4v) is 5.33. The van der Waals surface area contributed by atoms with Crippen molar-refractivity contribution < 1.29 is 23.5 Å². The van der Waals surface area contributed by atoms with Gasteiger partial charge < -0.3 is 20.6 Å². The number of carbonyl (C=O) groups is 2. The van der Waals surface area contributed by atoms with Crippen LogP contribution in [-0.2, 0) is 6.42 Å². The van der Waals surface area contributed by atoms with Crippen LogP contribution in [0.15, 0.2) is 78.9 Å². The Bertz CT molecular complexity index is 1540. The molecule has 6 nitrogen and oxygen atoms in total. The third-order valence-corrected chi connectivity index (χ3v) is 7.31. The number of nitrogens with one attached hydrogen (secondary N) is 2. The van der Waals surface area contributed by atoms with Crippen molar-refractivity contribution in [2.75, 3.05) is 25.0 Å². The van der Waals surface area contributed by atoms with E-state index in [1.165, 1.54) is 12.1 Å². The molecule has 0 spiro atoms. The summed E-state index contributed by atoms with van der Waals surface area (Å²) in [4.78, 5) is 28.6. The van der Waals surface area contributed by atoms with Crippen LogP contribution in [0.3, 0.4) is 0 Å². The maximum absolute atomic E-state index is 14.0. The fourth-order valence-electron chi connectivity index (χ4n) is 5.33. The van der Waals surface area contributed by atoms with E-state index >= 15 is 0 Å². The monoisotopic (exact) mass is 587 g/mol. The van der Waals surface area contributed by atoms with Gasteiger partial charge in [-0.1, -0.05) is 50.2 Å². The van der Waals surface area contributed by atoms with Crippen LogP contribution < -0.4 is 10.6 Å². The van der Waals surface area contributed by atoms with E-state index in [4.69, 9.17) is 0 Å². The van der Waals surface area contributed by atoms with Gasteiger partial charge in [0.1, 0.15) is 11.6 Å². The van der Waals surface area contributed by atoms with Gasteiger partial charge in [-0.15, -0.1) is 0 Å². The van der Waals surface area contributed by atoms with E-state index in [0.717, 1.165) is 40.9 Å². The van der Waals surface area contributed by atoms with Crippen molar-refractivity contribution in [3.8, 4) is 0 Å². The molecule has 43 heavy (non-hydrogen) atoms. The van der Waals surface area contributed by atoms with E-state index < -0.39 is 29.7 Å². The van der Waals surface area contributed by atoms with Crippen molar-refractivity contribution in [1.82, 2.24) is 10.2 Å². The summed E-state index contributed by atoms with van der Waals surface area (Å²) in [5, 5.41) is 19.4. The largest absolute Gasteiger partial charge is 0.389 e. The van der Waals surface area contributed by atoms with Gasteiger partial charge in [0.25, 0.3) is 11.8 Å². The molecule has 0 fully saturated rings. The van der Waals surface area contributed by atoms with Gasteiger partial charge in [0.2, 0.25) is 0 Å². The van der Waals surface area contributed by atoms with Gasteiger partial charge in [-0.2, -0.15) is 0 Å². The van der Waals surface area contributed by atoms with Crippen LogP contribution in [0, 0.1) is 18.6 Å². The normalized spacial score (nSPS) is 12.5. The number of aryl methyl sites for hydroxylation is 1. The first-order valence-corrected chi connectivity index (χ1v) is 14.7. The number of rotatable bonds is 13. The average Bonchev–Trinajstić information content (AvgIpc) is 2.98. The molecule has 226 valence electrons. The number of benzene rings is 4. The molecule has 0 saturated heterocycles. The van der Waals surface area contributed by atoms with E-state index in [1.807, 2.05) is 63.2 Å². The van der Waals surface area contributed by atoms with Crippen LogP contribution in [0.25, 0.3) is 10.8 Å². The number of amides is 2. The Kier molecular flexibility index (Phi) is 10.8. The lowest BCUT2D eigenvalue weighted by atomic mass is 9.99. The van der Waals surface area contributed by atoms with Crippen molar-refractivity contribution >= 4 is 28.3 Å². The highest BCUT2D eigenvalue weighted by Crippen LogP contribution is 2.23. The second-order valence-corrected chi connectivity index (χ2v) is 10.9. The fraction of sp³-hybridized carbons (Fsp3) is 0.314. The number of carbonyl (C=O) groups excluding carboxylic acids is 2. The van der Waals surface area contributed by atoms with Crippen molar-refractivity contribution in [2.24, 2.45) is 0 Å². The maximum atomic E-state index is 14.0. The van der Waals surface area contributed by atoms with Gasteiger partial charge in [0.05, 0.1) is 12.1 Å². The lowest BCUT2D eigenvalue weighted by molar-refractivity contribution is 0.0755. The Labute approximate surface area is 251 Å². The van der Waals surface area contributed by atoms with Crippen LogP contribution in [0.1, 0.15) is 58.5 Å². The molecule has 0 saturated carbocycles. The number of aliphatic hydroxyl groups is 1. The van der Waals surface area contributed by atoms with E-state index in [-0.39, 0.29) is 24.4 Å². The Hall–Kier alpha value is -4.30. The van der Waals surface area contributed by atoms with Crippen LogP contribution in [0.5, 0.6) is 0 Å². The first-order valence-electron chi connectivity index (χ1n) is 14.7. The Balaban J connectivity index is 1.58. The number of hydrogen-bond acceptors (Lipinski definition) is 4. The summed E-state index contributed by atoms with van der Waals surface area (Å²) in [7, 11) is 0. The Morgan fingerprint density at radius 1 is 0.860 bits per heavy atom. The van der Waals surface area contributed by atoms with Crippen molar-refractivity contribution in [2.45, 2.75) is 52.2 Å². The third-order valence-electron chi connectivity index (χ3n) is 7.31. The molecule has 0 aliphatic rings. The third kappa shape index (κ3) is 8.38. The highest BCUT2D eigenvalue weighted by molar-refractivity contribution is 6.00. The van der Waals surface area contributed by atoms with Gasteiger partial charge in [-0.25, -0.2) is 8.78 Å². The van der Waals surface area contributed by atoms with E-state index in [1.54, 1.807) is 23.1 Å². The summed E-state index contributed by atoms with van der Waals surface area (Å²) in [5.41, 5.74) is 2.52. The van der Waals surface area contributed by atoms with Crippen LogP contribution in [0.4, 0.5) is 14.5 Å². The first kappa shape index (κ1) is 31.6. The second-order valence-electron chi connectivity index (χ2n) is 10.9. The predicted molar refractivity (Wildman–Crippen MR) is 167 cm³/mol. The molecule has 0 aliphatic heterocycles. The molecular weight excluding hydrogens is 548 g/mol. The van der Waals surface area contributed by atoms with Crippen molar-refractivity contribution in [1.29, 1.82) is 0 Å². The molecular formula is C35H39F2N3O3. The molecule has 4 rings (SSSR count). The molecule has 0 radical (unpaired) electrons. The number of nitrogens with zero attached hydrogens (tertiary/aromatic N) is 1. The quantitative estimate of drug-likeness (QED) is 0.167. The summed E-state index contributed by atoms with van der Waals surface area (Å²) < 4.78 is 28.1. The second kappa shape index (κ2) is 14.7. The SMILES string of the molecule is CCCN(CCC)C(=O)c1cc(C)cc(C(=O)N[C@@H](Cc2cc(F)cc(F)c2)[C@H](O)CNc2cccc3ccccc23)c1. The van der Waals surface area contributed by atoms with Gasteiger partial charge in [-0.3, -0.25) is 9.59 Å². The maximum Gasteiger partial charge on any atom is 0.253 e. The number of anilines is 1. The van der Waals surface area contributed by atoms with Gasteiger partial charge in [-0.05, 0) is 79.1 Å². The Morgan fingerprint density at radius 2 is 1.51 bits per heavy atom. The molecule has 0 heterocycles. The highest BCUT2D eigenvalue weighted by Gasteiger charge is 2.25. The minimum Gasteiger partial charge on any atom is -0.389 e. The summed E-state index contributed by atoms with van der Waals surface area (Å²) in [6, 6.07) is 20.9. The minimum absolute atomic E-state index is 0.0167. The van der Waals surface area contributed by atoms with Crippen molar-refractivity contribution in [3.63, 3.8) is 0 Å². The standard InChI is InChI=1S/C35H39F2N3O3/c1-4-13-40(14-5-2)35(43)27-16-23(3)15-26(20-27)34(42)39-32(19-24-17-28(36)21-29(37)18-24)33(41)22-38-31-12-8-10-25-9-6-7-11-30(25)31/h6-12,15-18,20-21,32-33,38,41H,4-5,13-14,19,22H2,1-3H3,(H,39,42)/t32-,33+/m0/s1. The van der Waals surface area contributed by atoms with Gasteiger partial charge in [0, 0.05) is 47.9 Å². The average molecular weight is 588 g/mol. The van der Waals surface area contributed by atoms with Crippen LogP contribution >= 0.6 is 0 Å². The van der Waals surface area contributed by atoms with Gasteiger partial charge in [0.15, 0.2) is 0 Å². The van der Waals surface area contributed by atoms with Crippen molar-refractivity contribution in [3.05, 3.63) is 113 Å². The zero-order chi connectivity index (χ0) is 30.9. The zero-order valence-electron chi connectivity index (χ0n) is 24.9. The molecule has 3 N–H and O–H groups in total. The lowest BCUT2D eigenvalue weighted by Gasteiger charge is -2.26. The van der Waals surface area contributed by atoms with Gasteiger partial charge >= 0.3 is 0 Å². The molecule has 0 aromatic heterocycles. The smallest absolute Gasteiger partial charge is 0.253 e.